The van der Waals surface area contributed by atoms with Crippen molar-refractivity contribution in [3.05, 3.63) is 39.6 Å². The maximum absolute atomic E-state index is 12.2. The van der Waals surface area contributed by atoms with E-state index >= 15 is 0 Å². The van der Waals surface area contributed by atoms with Crippen LogP contribution in [0.4, 0.5) is 5.13 Å². The summed E-state index contributed by atoms with van der Waals surface area (Å²) in [5.41, 5.74) is 1.01. The van der Waals surface area contributed by atoms with Crippen LogP contribution >= 0.6 is 34.7 Å². The van der Waals surface area contributed by atoms with Crippen molar-refractivity contribution >= 4 is 45.7 Å². The predicted octanol–water partition coefficient (Wildman–Crippen LogP) is 4.42. The summed E-state index contributed by atoms with van der Waals surface area (Å²) in [6, 6.07) is 5.60. The van der Waals surface area contributed by atoms with Crippen LogP contribution in [0.15, 0.2) is 23.4 Å². The number of rotatable bonds is 11. The summed E-state index contributed by atoms with van der Waals surface area (Å²) in [7, 11) is 0. The van der Waals surface area contributed by atoms with E-state index in [0.29, 0.717) is 16.8 Å². The molecule has 1 amide bonds. The topological polar surface area (TPSA) is 94.8 Å². The minimum absolute atomic E-state index is 0.136. The van der Waals surface area contributed by atoms with Crippen LogP contribution < -0.4 is 10.1 Å². The number of anilines is 1. The number of benzene rings is 1. The Morgan fingerprint density at radius 1 is 1.26 bits per heavy atom. The van der Waals surface area contributed by atoms with E-state index in [1.165, 1.54) is 23.1 Å². The second-order valence-electron chi connectivity index (χ2n) is 6.70. The lowest BCUT2D eigenvalue weighted by Gasteiger charge is -2.10. The van der Waals surface area contributed by atoms with E-state index in [0.717, 1.165) is 53.1 Å². The Balaban J connectivity index is 1.47. The van der Waals surface area contributed by atoms with Crippen molar-refractivity contribution in [3.63, 3.8) is 0 Å². The second kappa shape index (κ2) is 11.4. The molecule has 0 saturated heterocycles. The fraction of sp³-hybridized carbons (Fsp3) is 0.450. The number of aryl methyl sites for hydroxylation is 3. The lowest BCUT2D eigenvalue weighted by Crippen LogP contribution is -2.14. The van der Waals surface area contributed by atoms with Gasteiger partial charge in [-0.05, 0) is 50.5 Å². The van der Waals surface area contributed by atoms with Gasteiger partial charge < -0.3 is 9.30 Å². The maximum atomic E-state index is 12.2. The fourth-order valence-corrected chi connectivity index (χ4v) is 4.59. The quantitative estimate of drug-likeness (QED) is 0.320. The molecule has 0 unspecified atom stereocenters. The van der Waals surface area contributed by atoms with Gasteiger partial charge in [0.1, 0.15) is 16.6 Å². The molecule has 0 radical (unpaired) electrons. The van der Waals surface area contributed by atoms with Crippen LogP contribution in [0.5, 0.6) is 5.75 Å². The predicted molar refractivity (Wildman–Crippen MR) is 124 cm³/mol. The SMILES string of the molecule is CCc1nnc(NC(=O)CSc2nnc(CCCOc3ccc(Cl)cc3C)n2CC)s1. The van der Waals surface area contributed by atoms with Crippen LogP contribution in [0.1, 0.15) is 36.7 Å². The number of amides is 1. The summed E-state index contributed by atoms with van der Waals surface area (Å²) in [5, 5.41) is 22.2. The number of nitrogens with zero attached hydrogens (tertiary/aromatic N) is 5. The average molecular weight is 481 g/mol. The Morgan fingerprint density at radius 2 is 2.10 bits per heavy atom. The van der Waals surface area contributed by atoms with Gasteiger partial charge in [-0.2, -0.15) is 0 Å². The van der Waals surface area contributed by atoms with Crippen molar-refractivity contribution in [2.24, 2.45) is 0 Å². The molecule has 0 fully saturated rings. The molecule has 166 valence electrons. The van der Waals surface area contributed by atoms with Gasteiger partial charge in [0, 0.05) is 18.0 Å². The molecule has 2 heterocycles. The second-order valence-corrected chi connectivity index (χ2v) is 9.14. The molecule has 2 aromatic heterocycles. The Labute approximate surface area is 194 Å². The highest BCUT2D eigenvalue weighted by molar-refractivity contribution is 7.99. The van der Waals surface area contributed by atoms with Gasteiger partial charge in [0.2, 0.25) is 11.0 Å². The third-order valence-electron chi connectivity index (χ3n) is 4.40. The fourth-order valence-electron chi connectivity index (χ4n) is 2.85. The summed E-state index contributed by atoms with van der Waals surface area (Å²) < 4.78 is 7.89. The number of hydrogen-bond acceptors (Lipinski definition) is 8. The molecule has 3 rings (SSSR count). The monoisotopic (exact) mass is 480 g/mol. The smallest absolute Gasteiger partial charge is 0.236 e. The van der Waals surface area contributed by atoms with E-state index < -0.39 is 0 Å². The summed E-state index contributed by atoms with van der Waals surface area (Å²) in [6.07, 6.45) is 2.35. The number of hydrogen-bond donors (Lipinski definition) is 1. The van der Waals surface area contributed by atoms with E-state index in [9.17, 15) is 4.79 Å². The van der Waals surface area contributed by atoms with E-state index in [-0.39, 0.29) is 11.7 Å². The van der Waals surface area contributed by atoms with E-state index in [4.69, 9.17) is 16.3 Å². The highest BCUT2D eigenvalue weighted by atomic mass is 35.5. The minimum atomic E-state index is -0.136. The molecule has 1 N–H and O–H groups in total. The van der Waals surface area contributed by atoms with Gasteiger partial charge in [-0.25, -0.2) is 0 Å². The molecule has 0 spiro atoms. The first-order valence-electron chi connectivity index (χ1n) is 10.1. The van der Waals surface area contributed by atoms with Crippen LogP contribution in [-0.4, -0.2) is 43.2 Å². The average Bonchev–Trinajstić information content (AvgIpc) is 3.37. The van der Waals surface area contributed by atoms with Gasteiger partial charge in [-0.15, -0.1) is 20.4 Å². The van der Waals surface area contributed by atoms with Crippen LogP contribution in [0.3, 0.4) is 0 Å². The van der Waals surface area contributed by atoms with Crippen molar-refractivity contribution in [3.8, 4) is 5.75 Å². The molecule has 0 bridgehead atoms. The minimum Gasteiger partial charge on any atom is -0.493 e. The highest BCUT2D eigenvalue weighted by Crippen LogP contribution is 2.23. The van der Waals surface area contributed by atoms with Crippen LogP contribution in [0, 0.1) is 6.92 Å². The van der Waals surface area contributed by atoms with E-state index in [1.54, 1.807) is 0 Å². The number of thioether (sulfide) groups is 1. The first kappa shape index (κ1) is 23.5. The Hall–Kier alpha value is -2.17. The normalized spacial score (nSPS) is 11.0. The summed E-state index contributed by atoms with van der Waals surface area (Å²) in [4.78, 5) is 12.2. The van der Waals surface area contributed by atoms with E-state index in [2.05, 4.69) is 25.7 Å². The summed E-state index contributed by atoms with van der Waals surface area (Å²) in [6.45, 7) is 7.33. The standard InChI is InChI=1S/C20H25ClN6O2S2/c1-4-18-24-25-19(31-18)22-17(28)12-30-20-26-23-16(27(20)5-2)7-6-10-29-15-9-8-14(21)11-13(15)3/h8-9,11H,4-7,10,12H2,1-3H3,(H,22,25,28). The number of aromatic nitrogens is 5. The largest absolute Gasteiger partial charge is 0.493 e. The number of ether oxygens (including phenoxy) is 1. The first-order chi connectivity index (χ1) is 15.0. The van der Waals surface area contributed by atoms with Crippen LogP contribution in [-0.2, 0) is 24.2 Å². The molecule has 0 saturated carbocycles. The number of nitrogens with one attached hydrogen (secondary N) is 1. The molecule has 31 heavy (non-hydrogen) atoms. The van der Waals surface area contributed by atoms with Gasteiger partial charge in [-0.3, -0.25) is 10.1 Å². The number of carbonyl (C=O) groups excluding carboxylic acids is 1. The third-order valence-corrected chi connectivity index (χ3v) is 6.58. The molecule has 0 atom stereocenters. The molecule has 1 aromatic carbocycles. The lowest BCUT2D eigenvalue weighted by molar-refractivity contribution is -0.113. The number of carbonyl (C=O) groups is 1. The molecule has 0 aliphatic rings. The molecular weight excluding hydrogens is 456 g/mol. The molecule has 0 aliphatic carbocycles. The molecule has 11 heteroatoms. The lowest BCUT2D eigenvalue weighted by atomic mass is 10.2. The molecule has 8 nitrogen and oxygen atoms in total. The summed E-state index contributed by atoms with van der Waals surface area (Å²) >= 11 is 8.73. The van der Waals surface area contributed by atoms with E-state index in [1.807, 2.05) is 43.5 Å². The zero-order valence-electron chi connectivity index (χ0n) is 17.7. The Morgan fingerprint density at radius 3 is 2.81 bits per heavy atom. The van der Waals surface area contributed by atoms with Crippen molar-refractivity contribution in [2.45, 2.75) is 51.7 Å². The van der Waals surface area contributed by atoms with Crippen LogP contribution in [0.25, 0.3) is 0 Å². The van der Waals surface area contributed by atoms with Gasteiger partial charge >= 0.3 is 0 Å². The van der Waals surface area contributed by atoms with Crippen LogP contribution in [0.2, 0.25) is 5.02 Å². The van der Waals surface area contributed by atoms with Gasteiger partial charge in [0.05, 0.1) is 12.4 Å². The maximum Gasteiger partial charge on any atom is 0.236 e. The zero-order valence-corrected chi connectivity index (χ0v) is 20.1. The van der Waals surface area contributed by atoms with Crippen molar-refractivity contribution in [2.75, 3.05) is 17.7 Å². The molecule has 0 aliphatic heterocycles. The van der Waals surface area contributed by atoms with Gasteiger partial charge in [-0.1, -0.05) is 41.6 Å². The molecule has 3 aromatic rings. The number of halogens is 1. The zero-order chi connectivity index (χ0) is 22.2. The van der Waals surface area contributed by atoms with Crippen molar-refractivity contribution < 1.29 is 9.53 Å². The Bertz CT molecular complexity index is 1020. The van der Waals surface area contributed by atoms with Crippen molar-refractivity contribution in [1.29, 1.82) is 0 Å². The highest BCUT2D eigenvalue weighted by Gasteiger charge is 2.14. The van der Waals surface area contributed by atoms with Gasteiger partial charge in [0.25, 0.3) is 0 Å². The van der Waals surface area contributed by atoms with Crippen molar-refractivity contribution in [1.82, 2.24) is 25.0 Å². The Kier molecular flexibility index (Phi) is 8.68. The molecular formula is C20H25ClN6O2S2. The summed E-state index contributed by atoms with van der Waals surface area (Å²) in [5.74, 6) is 1.82. The van der Waals surface area contributed by atoms with Gasteiger partial charge in [0.15, 0.2) is 5.16 Å². The third kappa shape index (κ3) is 6.65. The first-order valence-corrected chi connectivity index (χ1v) is 12.2.